The van der Waals surface area contributed by atoms with E-state index in [2.05, 4.69) is 20.9 Å². The van der Waals surface area contributed by atoms with E-state index in [1.54, 1.807) is 0 Å². The highest BCUT2D eigenvalue weighted by molar-refractivity contribution is 7.99. The molecule has 1 aliphatic carbocycles. The smallest absolute Gasteiger partial charge is 0.254 e. The maximum atomic E-state index is 11.9. The summed E-state index contributed by atoms with van der Waals surface area (Å²) in [6.07, 6.45) is 2.77. The van der Waals surface area contributed by atoms with Crippen molar-refractivity contribution in [3.8, 4) is 0 Å². The van der Waals surface area contributed by atoms with Crippen LogP contribution in [0.25, 0.3) is 0 Å². The minimum absolute atomic E-state index is 0.00256. The number of H-pyrrole nitrogens is 1. The van der Waals surface area contributed by atoms with Gasteiger partial charge in [-0.15, -0.1) is 5.53 Å². The first kappa shape index (κ1) is 13.8. The molecule has 3 N–H and O–H groups in total. The van der Waals surface area contributed by atoms with Gasteiger partial charge in [-0.25, -0.2) is 4.98 Å². The number of nitrogens with zero attached hydrogens (tertiary/aromatic N) is 2. The number of rotatable bonds is 4. The van der Waals surface area contributed by atoms with Crippen LogP contribution in [0.15, 0.2) is 20.8 Å². The van der Waals surface area contributed by atoms with Gasteiger partial charge in [0, 0.05) is 17.9 Å². The maximum absolute atomic E-state index is 11.9. The van der Waals surface area contributed by atoms with Crippen LogP contribution >= 0.6 is 23.4 Å². The monoisotopic (exact) mass is 313 g/mol. The molecule has 0 saturated carbocycles. The van der Waals surface area contributed by atoms with Crippen molar-refractivity contribution in [2.45, 2.75) is 31.3 Å². The van der Waals surface area contributed by atoms with Crippen molar-refractivity contribution in [3.05, 3.63) is 32.5 Å². The maximum Gasteiger partial charge on any atom is 0.254 e. The van der Waals surface area contributed by atoms with Gasteiger partial charge in [-0.05, 0) is 26.2 Å². The number of hydrazine groups is 2. The largest absolute Gasteiger partial charge is 0.304 e. The summed E-state index contributed by atoms with van der Waals surface area (Å²) >= 11 is 7.69. The molecule has 3 rings (SSSR count). The number of halogens is 1. The Hall–Kier alpha value is -1.18. The van der Waals surface area contributed by atoms with Gasteiger partial charge in [0.1, 0.15) is 5.16 Å². The van der Waals surface area contributed by atoms with Crippen molar-refractivity contribution in [3.63, 3.8) is 0 Å². The van der Waals surface area contributed by atoms with Gasteiger partial charge >= 0.3 is 0 Å². The second kappa shape index (κ2) is 5.67. The summed E-state index contributed by atoms with van der Waals surface area (Å²) in [5.74, 6) is 0.629. The van der Waals surface area contributed by atoms with Gasteiger partial charge in [0.15, 0.2) is 5.16 Å². The molecule has 0 unspecified atom stereocenters. The highest BCUT2D eigenvalue weighted by Crippen LogP contribution is 2.24. The number of hydrogen-bond acceptors (Lipinski definition) is 6. The molecule has 108 valence electrons. The molecular formula is C12H16ClN5OS. The first-order chi connectivity index (χ1) is 9.69. The van der Waals surface area contributed by atoms with Crippen molar-refractivity contribution in [2.75, 3.05) is 12.3 Å². The fourth-order valence-corrected chi connectivity index (χ4v) is 3.52. The van der Waals surface area contributed by atoms with Crippen LogP contribution in [0.5, 0.6) is 0 Å². The van der Waals surface area contributed by atoms with Gasteiger partial charge in [-0.2, -0.15) is 0 Å². The van der Waals surface area contributed by atoms with Gasteiger partial charge in [-0.3, -0.25) is 9.80 Å². The molecule has 1 aromatic rings. The zero-order valence-corrected chi connectivity index (χ0v) is 12.7. The summed E-state index contributed by atoms with van der Waals surface area (Å²) in [4.78, 5) is 19.3. The minimum Gasteiger partial charge on any atom is -0.304 e. The minimum atomic E-state index is 0.00256. The average molecular weight is 314 g/mol. The average Bonchev–Trinajstić information content (AvgIpc) is 3.03. The second-order valence-corrected chi connectivity index (χ2v) is 6.01. The van der Waals surface area contributed by atoms with Gasteiger partial charge in [0.05, 0.1) is 11.4 Å². The Morgan fingerprint density at radius 2 is 2.30 bits per heavy atom. The van der Waals surface area contributed by atoms with Crippen LogP contribution in [0.1, 0.15) is 24.6 Å². The van der Waals surface area contributed by atoms with Crippen molar-refractivity contribution >= 4 is 23.4 Å². The lowest BCUT2D eigenvalue weighted by molar-refractivity contribution is 0.277. The van der Waals surface area contributed by atoms with E-state index in [0.29, 0.717) is 16.1 Å². The molecule has 0 radical (unpaired) electrons. The molecule has 0 aromatic carbocycles. The Morgan fingerprint density at radius 1 is 1.45 bits per heavy atom. The number of hydrogen-bond donors (Lipinski definition) is 3. The quantitative estimate of drug-likeness (QED) is 0.439. The Kier molecular flexibility index (Phi) is 3.91. The number of fused-ring (bicyclic) bond motifs is 1. The van der Waals surface area contributed by atoms with E-state index >= 15 is 0 Å². The zero-order chi connectivity index (χ0) is 14.1. The van der Waals surface area contributed by atoms with Crippen molar-refractivity contribution in [2.24, 2.45) is 0 Å². The first-order valence-electron chi connectivity index (χ1n) is 6.61. The number of nitrogens with one attached hydrogen (secondary N) is 3. The number of aryl methyl sites for hydroxylation is 1. The van der Waals surface area contributed by atoms with Crippen molar-refractivity contribution in [1.82, 2.24) is 25.9 Å². The molecule has 0 amide bonds. The Balaban J connectivity index is 1.72. The van der Waals surface area contributed by atoms with E-state index in [0.717, 1.165) is 42.8 Å². The lowest BCUT2D eigenvalue weighted by Crippen LogP contribution is -2.37. The molecule has 0 fully saturated rings. The van der Waals surface area contributed by atoms with Gasteiger partial charge in [0.25, 0.3) is 5.56 Å². The topological polar surface area (TPSA) is 73.0 Å². The molecule has 2 aliphatic rings. The highest BCUT2D eigenvalue weighted by Gasteiger charge is 2.20. The third kappa shape index (κ3) is 2.53. The highest BCUT2D eigenvalue weighted by atomic mass is 35.5. The van der Waals surface area contributed by atoms with Crippen molar-refractivity contribution in [1.29, 1.82) is 0 Å². The molecule has 0 bridgehead atoms. The predicted octanol–water partition coefficient (Wildman–Crippen LogP) is 1.10. The van der Waals surface area contributed by atoms with Gasteiger partial charge in [0.2, 0.25) is 0 Å². The van der Waals surface area contributed by atoms with Crippen LogP contribution in [-0.2, 0) is 12.8 Å². The van der Waals surface area contributed by atoms with E-state index in [-0.39, 0.29) is 5.56 Å². The fraction of sp³-hybridized carbons (Fsp3) is 0.500. The van der Waals surface area contributed by atoms with Gasteiger partial charge < -0.3 is 10.4 Å². The molecular weight excluding hydrogens is 298 g/mol. The normalized spacial score (nSPS) is 17.6. The molecule has 0 spiro atoms. The molecule has 6 nitrogen and oxygen atoms in total. The third-order valence-corrected chi connectivity index (χ3v) is 4.75. The van der Waals surface area contributed by atoms with Crippen LogP contribution in [0.2, 0.25) is 0 Å². The van der Waals surface area contributed by atoms with Crippen molar-refractivity contribution < 1.29 is 0 Å². The molecule has 1 aromatic heterocycles. The van der Waals surface area contributed by atoms with E-state index in [4.69, 9.17) is 11.6 Å². The van der Waals surface area contributed by atoms with Crippen LogP contribution in [0.4, 0.5) is 0 Å². The van der Waals surface area contributed by atoms with Crippen LogP contribution in [-0.4, -0.2) is 27.3 Å². The van der Waals surface area contributed by atoms with E-state index in [1.165, 1.54) is 11.8 Å². The Bertz CT molecular complexity index is 614. The summed E-state index contributed by atoms with van der Waals surface area (Å²) in [6, 6.07) is 0. The molecule has 0 atom stereocenters. The lowest BCUT2D eigenvalue weighted by Gasteiger charge is -2.13. The van der Waals surface area contributed by atoms with Crippen LogP contribution < -0.4 is 16.5 Å². The van der Waals surface area contributed by atoms with Crippen LogP contribution in [0, 0.1) is 0 Å². The van der Waals surface area contributed by atoms with E-state index in [9.17, 15) is 4.79 Å². The molecule has 2 heterocycles. The molecule has 0 saturated heterocycles. The van der Waals surface area contributed by atoms with Crippen LogP contribution in [0.3, 0.4) is 0 Å². The van der Waals surface area contributed by atoms with Gasteiger partial charge in [-0.1, -0.05) is 23.4 Å². The molecule has 1 aliphatic heterocycles. The summed E-state index contributed by atoms with van der Waals surface area (Å²) < 4.78 is 0. The van der Waals surface area contributed by atoms with E-state index < -0.39 is 0 Å². The van der Waals surface area contributed by atoms with E-state index in [1.807, 2.05) is 11.9 Å². The second-order valence-electron chi connectivity index (χ2n) is 4.69. The number of aromatic amines is 1. The summed E-state index contributed by atoms with van der Waals surface area (Å²) in [6.45, 7) is 2.78. The fourth-order valence-electron chi connectivity index (χ4n) is 2.34. The number of thioether (sulfide) groups is 1. The zero-order valence-electron chi connectivity index (χ0n) is 11.1. The SMILES string of the molecule is CCN1NNC(CSc2nc3c(c(=O)[nH]2)CCC3)=C1Cl. The third-order valence-electron chi connectivity index (χ3n) is 3.42. The molecule has 8 heteroatoms. The molecule has 20 heavy (non-hydrogen) atoms. The lowest BCUT2D eigenvalue weighted by atomic mass is 10.3. The Labute approximate surface area is 125 Å². The number of aromatic nitrogens is 2. The summed E-state index contributed by atoms with van der Waals surface area (Å²) in [5, 5.41) is 3.13. The summed E-state index contributed by atoms with van der Waals surface area (Å²) in [7, 11) is 0. The first-order valence-corrected chi connectivity index (χ1v) is 7.98. The standard InChI is InChI=1S/C12H16ClN5OS/c1-2-18-10(13)9(16-17-18)6-20-12-14-8-5-3-4-7(8)11(19)15-12/h16-17H,2-6H2,1H3,(H,14,15,19). The predicted molar refractivity (Wildman–Crippen MR) is 79.1 cm³/mol. The Morgan fingerprint density at radius 3 is 3.05 bits per heavy atom. The summed E-state index contributed by atoms with van der Waals surface area (Å²) in [5.41, 5.74) is 8.69.